The van der Waals surface area contributed by atoms with Crippen LogP contribution < -0.4 is 5.32 Å². The van der Waals surface area contributed by atoms with Gasteiger partial charge in [0.15, 0.2) is 6.10 Å². The van der Waals surface area contributed by atoms with E-state index in [1.54, 1.807) is 0 Å². The summed E-state index contributed by atoms with van der Waals surface area (Å²) in [5.41, 5.74) is -0.898. The highest BCUT2D eigenvalue weighted by atomic mass is 16.6. The van der Waals surface area contributed by atoms with Gasteiger partial charge in [0.05, 0.1) is 25.2 Å². The molecule has 18 heavy (non-hydrogen) atoms. The number of nitrogens with one attached hydrogen (secondary N) is 1. The molecule has 0 aromatic rings. The highest BCUT2D eigenvalue weighted by Gasteiger charge is 2.36. The Kier molecular flexibility index (Phi) is 5.55. The van der Waals surface area contributed by atoms with Gasteiger partial charge in [-0.1, -0.05) is 13.8 Å². The van der Waals surface area contributed by atoms with Crippen molar-refractivity contribution in [3.8, 4) is 0 Å². The number of carbonyl (C=O) groups is 2. The van der Waals surface area contributed by atoms with E-state index in [-0.39, 0.29) is 19.1 Å². The Morgan fingerprint density at radius 1 is 1.33 bits per heavy atom. The van der Waals surface area contributed by atoms with E-state index in [1.807, 2.05) is 13.8 Å². The van der Waals surface area contributed by atoms with E-state index in [9.17, 15) is 14.7 Å². The minimum atomic E-state index is -0.898. The molecule has 1 aliphatic rings. The van der Waals surface area contributed by atoms with Crippen LogP contribution in [0.5, 0.6) is 0 Å². The fraction of sp³-hybridized carbons (Fsp3) is 0.833. The van der Waals surface area contributed by atoms with Gasteiger partial charge in [-0.2, -0.15) is 0 Å². The largest absolute Gasteiger partial charge is 0.481 e. The van der Waals surface area contributed by atoms with Crippen LogP contribution in [-0.2, 0) is 19.1 Å². The zero-order chi connectivity index (χ0) is 13.6. The van der Waals surface area contributed by atoms with E-state index >= 15 is 0 Å². The van der Waals surface area contributed by atoms with Crippen LogP contribution in [-0.4, -0.2) is 49.5 Å². The maximum atomic E-state index is 11.8. The second-order valence-corrected chi connectivity index (χ2v) is 4.44. The average molecular weight is 259 g/mol. The highest BCUT2D eigenvalue weighted by molar-refractivity contribution is 5.82. The van der Waals surface area contributed by atoms with Gasteiger partial charge < -0.3 is 19.9 Å². The smallest absolute Gasteiger partial charge is 0.311 e. The second-order valence-electron chi connectivity index (χ2n) is 4.44. The van der Waals surface area contributed by atoms with Crippen molar-refractivity contribution in [1.29, 1.82) is 0 Å². The number of aliphatic carboxylic acids is 1. The first-order chi connectivity index (χ1) is 8.55. The van der Waals surface area contributed by atoms with Crippen molar-refractivity contribution >= 4 is 11.9 Å². The third-order valence-electron chi connectivity index (χ3n) is 3.52. The number of hydrogen-bond acceptors (Lipinski definition) is 4. The topological polar surface area (TPSA) is 84.9 Å². The van der Waals surface area contributed by atoms with Crippen molar-refractivity contribution in [1.82, 2.24) is 5.32 Å². The van der Waals surface area contributed by atoms with E-state index < -0.39 is 17.5 Å². The first-order valence-electron chi connectivity index (χ1n) is 6.26. The molecule has 0 saturated carbocycles. The van der Waals surface area contributed by atoms with E-state index in [1.165, 1.54) is 0 Å². The summed E-state index contributed by atoms with van der Waals surface area (Å²) in [5, 5.41) is 11.9. The molecular formula is C12H21NO5. The van der Waals surface area contributed by atoms with Crippen LogP contribution in [0.1, 0.15) is 26.7 Å². The highest BCUT2D eigenvalue weighted by Crippen LogP contribution is 2.25. The molecule has 0 aromatic heterocycles. The van der Waals surface area contributed by atoms with Gasteiger partial charge in [0, 0.05) is 6.54 Å². The van der Waals surface area contributed by atoms with E-state index in [4.69, 9.17) is 9.47 Å². The minimum Gasteiger partial charge on any atom is -0.481 e. The van der Waals surface area contributed by atoms with Crippen molar-refractivity contribution < 1.29 is 24.2 Å². The zero-order valence-corrected chi connectivity index (χ0v) is 10.9. The van der Waals surface area contributed by atoms with Crippen LogP contribution in [0.4, 0.5) is 0 Å². The van der Waals surface area contributed by atoms with Gasteiger partial charge in [-0.25, -0.2) is 0 Å². The molecule has 0 aliphatic carbocycles. The van der Waals surface area contributed by atoms with E-state index in [0.717, 1.165) is 0 Å². The second kappa shape index (κ2) is 6.70. The van der Waals surface area contributed by atoms with Crippen molar-refractivity contribution in [2.45, 2.75) is 32.8 Å². The maximum Gasteiger partial charge on any atom is 0.311 e. The Morgan fingerprint density at radius 2 is 2.00 bits per heavy atom. The van der Waals surface area contributed by atoms with Gasteiger partial charge >= 0.3 is 5.97 Å². The lowest BCUT2D eigenvalue weighted by Crippen LogP contribution is -2.48. The van der Waals surface area contributed by atoms with Crippen molar-refractivity contribution in [3.63, 3.8) is 0 Å². The number of carboxylic acids is 1. The molecule has 2 N–H and O–H groups in total. The molecule has 1 rings (SSSR count). The van der Waals surface area contributed by atoms with Gasteiger partial charge in [-0.15, -0.1) is 0 Å². The van der Waals surface area contributed by atoms with Gasteiger partial charge in [0.1, 0.15) is 0 Å². The molecule has 1 saturated heterocycles. The Morgan fingerprint density at radius 3 is 2.44 bits per heavy atom. The van der Waals surface area contributed by atoms with Crippen LogP contribution >= 0.6 is 0 Å². The molecule has 0 aromatic carbocycles. The Labute approximate surface area is 107 Å². The number of amides is 1. The summed E-state index contributed by atoms with van der Waals surface area (Å²) in [7, 11) is 0. The maximum absolute atomic E-state index is 11.8. The predicted octanol–water partition coefficient (Wildman–Crippen LogP) is 0.409. The zero-order valence-electron chi connectivity index (χ0n) is 10.9. The van der Waals surface area contributed by atoms with E-state index in [2.05, 4.69) is 5.32 Å². The molecule has 0 bridgehead atoms. The molecule has 6 heteroatoms. The first kappa shape index (κ1) is 14.9. The third-order valence-corrected chi connectivity index (χ3v) is 3.52. The molecule has 6 nitrogen and oxygen atoms in total. The fourth-order valence-corrected chi connectivity index (χ4v) is 1.89. The van der Waals surface area contributed by atoms with Crippen molar-refractivity contribution in [3.05, 3.63) is 0 Å². The molecule has 1 unspecified atom stereocenters. The summed E-state index contributed by atoms with van der Waals surface area (Å²) in [6.45, 7) is 4.85. The number of rotatable bonds is 6. The number of ether oxygens (including phenoxy) is 2. The fourth-order valence-electron chi connectivity index (χ4n) is 1.89. The van der Waals surface area contributed by atoms with Gasteiger partial charge in [0.25, 0.3) is 5.91 Å². The first-order valence-corrected chi connectivity index (χ1v) is 6.26. The summed E-state index contributed by atoms with van der Waals surface area (Å²) in [5.74, 6) is -1.18. The molecular weight excluding hydrogens is 238 g/mol. The standard InChI is InChI=1S/C12H21NO5/c1-3-12(4-2,11(15)16)8-13-10(14)9-7-17-5-6-18-9/h9H,3-8H2,1-2H3,(H,13,14)(H,15,16). The van der Waals surface area contributed by atoms with Crippen molar-refractivity contribution in [2.75, 3.05) is 26.4 Å². The van der Waals surface area contributed by atoms with Crippen LogP contribution in [0.3, 0.4) is 0 Å². The summed E-state index contributed by atoms with van der Waals surface area (Å²) < 4.78 is 10.4. The molecule has 0 radical (unpaired) electrons. The third kappa shape index (κ3) is 3.43. The molecule has 1 aliphatic heterocycles. The number of carboxylic acid groups (broad SMARTS) is 1. The van der Waals surface area contributed by atoms with Gasteiger partial charge in [0.2, 0.25) is 0 Å². The van der Waals surface area contributed by atoms with E-state index in [0.29, 0.717) is 26.1 Å². The Balaban J connectivity index is 2.51. The van der Waals surface area contributed by atoms with Crippen molar-refractivity contribution in [2.24, 2.45) is 5.41 Å². The van der Waals surface area contributed by atoms with Crippen LogP contribution in [0, 0.1) is 5.41 Å². The summed E-state index contributed by atoms with van der Waals surface area (Å²) in [6, 6.07) is 0. The summed E-state index contributed by atoms with van der Waals surface area (Å²) >= 11 is 0. The molecule has 0 spiro atoms. The normalized spacial score (nSPS) is 20.4. The van der Waals surface area contributed by atoms with Crippen LogP contribution in [0.2, 0.25) is 0 Å². The monoisotopic (exact) mass is 259 g/mol. The Bertz CT molecular complexity index is 295. The summed E-state index contributed by atoms with van der Waals surface area (Å²) in [4.78, 5) is 23.1. The number of hydrogen-bond donors (Lipinski definition) is 2. The van der Waals surface area contributed by atoms with Gasteiger partial charge in [-0.3, -0.25) is 9.59 Å². The van der Waals surface area contributed by atoms with Gasteiger partial charge in [-0.05, 0) is 12.8 Å². The average Bonchev–Trinajstić information content (AvgIpc) is 2.41. The SMILES string of the molecule is CCC(CC)(CNC(=O)C1COCCO1)C(=O)O. The summed E-state index contributed by atoms with van der Waals surface area (Å²) in [6.07, 6.45) is 0.321. The van der Waals surface area contributed by atoms with Crippen LogP contribution in [0.25, 0.3) is 0 Å². The molecule has 1 amide bonds. The lowest BCUT2D eigenvalue weighted by atomic mass is 9.82. The molecule has 1 fully saturated rings. The lowest BCUT2D eigenvalue weighted by Gasteiger charge is -2.28. The Hall–Kier alpha value is -1.14. The predicted molar refractivity (Wildman–Crippen MR) is 64.2 cm³/mol. The number of carbonyl (C=O) groups excluding carboxylic acids is 1. The minimum absolute atomic E-state index is 0.119. The van der Waals surface area contributed by atoms with Crippen LogP contribution in [0.15, 0.2) is 0 Å². The molecule has 104 valence electrons. The molecule has 1 atom stereocenters. The molecule has 1 heterocycles. The quantitative estimate of drug-likeness (QED) is 0.721. The lowest BCUT2D eigenvalue weighted by molar-refractivity contribution is -0.152.